The van der Waals surface area contributed by atoms with Gasteiger partial charge in [0.2, 0.25) is 0 Å². The minimum atomic E-state index is -1.05. The fourth-order valence-electron chi connectivity index (χ4n) is 1.20. The van der Waals surface area contributed by atoms with Gasteiger partial charge in [0.05, 0.1) is 5.60 Å². The second-order valence-electron chi connectivity index (χ2n) is 5.93. The fourth-order valence-corrected chi connectivity index (χ4v) is 1.20. The molecule has 106 valence electrons. The number of hydrogen-bond acceptors (Lipinski definition) is 3. The number of nitrogens with one attached hydrogen (secondary N) is 2. The molecule has 0 aliphatic carbocycles. The van der Waals surface area contributed by atoms with E-state index in [4.69, 9.17) is 9.84 Å². The standard InChI is InChI=1S/C12H24N2O4/c1-11(2,3)8(9(15)16)14-10(17)13-7-12(4,5)18-6/h8H,7H2,1-6H3,(H,15,16)(H2,13,14,17). The summed E-state index contributed by atoms with van der Waals surface area (Å²) < 4.78 is 5.15. The van der Waals surface area contributed by atoms with Gasteiger partial charge in [-0.15, -0.1) is 0 Å². The van der Waals surface area contributed by atoms with Crippen LogP contribution in [0.25, 0.3) is 0 Å². The minimum absolute atomic E-state index is 0.297. The van der Waals surface area contributed by atoms with Crippen molar-refractivity contribution in [3.8, 4) is 0 Å². The molecule has 0 aromatic heterocycles. The van der Waals surface area contributed by atoms with Gasteiger partial charge in [0, 0.05) is 13.7 Å². The van der Waals surface area contributed by atoms with Crippen LogP contribution in [0, 0.1) is 5.41 Å². The predicted octanol–water partition coefficient (Wildman–Crippen LogP) is 1.21. The summed E-state index contributed by atoms with van der Waals surface area (Å²) in [5, 5.41) is 14.1. The third-order valence-corrected chi connectivity index (χ3v) is 2.62. The van der Waals surface area contributed by atoms with Crippen molar-refractivity contribution < 1.29 is 19.4 Å². The van der Waals surface area contributed by atoms with Crippen LogP contribution in [0.2, 0.25) is 0 Å². The molecule has 2 amide bonds. The van der Waals surface area contributed by atoms with Crippen LogP contribution < -0.4 is 10.6 Å². The number of aliphatic carboxylic acids is 1. The van der Waals surface area contributed by atoms with Crippen molar-refractivity contribution in [3.05, 3.63) is 0 Å². The van der Waals surface area contributed by atoms with Gasteiger partial charge in [-0.25, -0.2) is 9.59 Å². The number of urea groups is 1. The molecule has 6 nitrogen and oxygen atoms in total. The van der Waals surface area contributed by atoms with Crippen LogP contribution in [0.15, 0.2) is 0 Å². The lowest BCUT2D eigenvalue weighted by Gasteiger charge is -2.29. The second kappa shape index (κ2) is 6.04. The molecule has 18 heavy (non-hydrogen) atoms. The third-order valence-electron chi connectivity index (χ3n) is 2.62. The summed E-state index contributed by atoms with van der Waals surface area (Å²) in [6.45, 7) is 9.21. The molecular formula is C12H24N2O4. The van der Waals surface area contributed by atoms with E-state index in [0.717, 1.165) is 0 Å². The number of carboxylic acid groups (broad SMARTS) is 1. The summed E-state index contributed by atoms with van der Waals surface area (Å²) in [7, 11) is 1.55. The summed E-state index contributed by atoms with van der Waals surface area (Å²) >= 11 is 0. The highest BCUT2D eigenvalue weighted by Gasteiger charge is 2.32. The molecular weight excluding hydrogens is 236 g/mol. The summed E-state index contributed by atoms with van der Waals surface area (Å²) in [6, 6.07) is -1.45. The molecule has 0 aromatic rings. The van der Waals surface area contributed by atoms with Gasteiger partial charge in [-0.3, -0.25) is 0 Å². The summed E-state index contributed by atoms with van der Waals surface area (Å²) in [6.07, 6.45) is 0. The Balaban J connectivity index is 4.42. The number of carbonyl (C=O) groups is 2. The van der Waals surface area contributed by atoms with E-state index in [1.807, 2.05) is 13.8 Å². The molecule has 0 aromatic carbocycles. The Labute approximate surface area is 108 Å². The Morgan fingerprint density at radius 3 is 2.06 bits per heavy atom. The van der Waals surface area contributed by atoms with Gasteiger partial charge in [0.1, 0.15) is 6.04 Å². The zero-order valence-corrected chi connectivity index (χ0v) is 12.0. The van der Waals surface area contributed by atoms with Gasteiger partial charge in [-0.05, 0) is 19.3 Å². The topological polar surface area (TPSA) is 87.7 Å². The maximum absolute atomic E-state index is 11.6. The van der Waals surface area contributed by atoms with E-state index in [2.05, 4.69) is 10.6 Å². The first-order valence-electron chi connectivity index (χ1n) is 5.82. The molecule has 6 heteroatoms. The van der Waals surface area contributed by atoms with E-state index in [9.17, 15) is 9.59 Å². The SMILES string of the molecule is COC(C)(C)CNC(=O)NC(C(=O)O)C(C)(C)C. The average Bonchev–Trinajstić information content (AvgIpc) is 2.21. The number of carboxylic acids is 1. The van der Waals surface area contributed by atoms with Crippen molar-refractivity contribution >= 4 is 12.0 Å². The van der Waals surface area contributed by atoms with Gasteiger partial charge >= 0.3 is 12.0 Å². The number of rotatable bonds is 5. The van der Waals surface area contributed by atoms with Crippen LogP contribution in [0.4, 0.5) is 4.79 Å². The molecule has 0 fully saturated rings. The predicted molar refractivity (Wildman–Crippen MR) is 68.5 cm³/mol. The first kappa shape index (κ1) is 16.7. The lowest BCUT2D eigenvalue weighted by Crippen LogP contribution is -2.54. The molecule has 1 atom stereocenters. The Kier molecular flexibility index (Phi) is 5.60. The van der Waals surface area contributed by atoms with Gasteiger partial charge in [0.15, 0.2) is 0 Å². The molecule has 0 spiro atoms. The fraction of sp³-hybridized carbons (Fsp3) is 0.833. The summed E-state index contributed by atoms with van der Waals surface area (Å²) in [5.41, 5.74) is -1.04. The van der Waals surface area contributed by atoms with Crippen LogP contribution >= 0.6 is 0 Å². The van der Waals surface area contributed by atoms with Crippen molar-refractivity contribution in [2.75, 3.05) is 13.7 Å². The van der Waals surface area contributed by atoms with Gasteiger partial charge < -0.3 is 20.5 Å². The summed E-state index contributed by atoms with van der Waals surface area (Å²) in [4.78, 5) is 22.7. The van der Waals surface area contributed by atoms with Crippen molar-refractivity contribution in [2.45, 2.75) is 46.3 Å². The van der Waals surface area contributed by atoms with Crippen molar-refractivity contribution in [3.63, 3.8) is 0 Å². The Morgan fingerprint density at radius 1 is 1.22 bits per heavy atom. The van der Waals surface area contributed by atoms with Gasteiger partial charge in [0.25, 0.3) is 0 Å². The van der Waals surface area contributed by atoms with E-state index < -0.39 is 29.1 Å². The van der Waals surface area contributed by atoms with E-state index >= 15 is 0 Å². The number of methoxy groups -OCH3 is 1. The molecule has 1 unspecified atom stereocenters. The zero-order chi connectivity index (χ0) is 14.6. The Bertz CT molecular complexity index is 308. The minimum Gasteiger partial charge on any atom is -0.480 e. The largest absolute Gasteiger partial charge is 0.480 e. The van der Waals surface area contributed by atoms with Crippen molar-refractivity contribution in [2.24, 2.45) is 5.41 Å². The van der Waals surface area contributed by atoms with Crippen LogP contribution in [-0.2, 0) is 9.53 Å². The first-order valence-corrected chi connectivity index (χ1v) is 5.82. The molecule has 0 rings (SSSR count). The normalized spacial score (nSPS) is 13.9. The molecule has 0 saturated heterocycles. The van der Waals surface area contributed by atoms with E-state index in [0.29, 0.717) is 6.54 Å². The van der Waals surface area contributed by atoms with Crippen LogP contribution in [0.1, 0.15) is 34.6 Å². The van der Waals surface area contributed by atoms with Crippen molar-refractivity contribution in [1.29, 1.82) is 0 Å². The maximum Gasteiger partial charge on any atom is 0.326 e. The lowest BCUT2D eigenvalue weighted by molar-refractivity contribution is -0.141. The maximum atomic E-state index is 11.6. The third kappa shape index (κ3) is 5.86. The van der Waals surface area contributed by atoms with E-state index in [-0.39, 0.29) is 0 Å². The Morgan fingerprint density at radius 2 is 1.72 bits per heavy atom. The molecule has 0 radical (unpaired) electrons. The monoisotopic (exact) mass is 260 g/mol. The highest BCUT2D eigenvalue weighted by Crippen LogP contribution is 2.19. The number of carbonyl (C=O) groups excluding carboxylic acids is 1. The Hall–Kier alpha value is -1.30. The van der Waals surface area contributed by atoms with Gasteiger partial charge in [-0.2, -0.15) is 0 Å². The number of hydrogen-bond donors (Lipinski definition) is 3. The lowest BCUT2D eigenvalue weighted by atomic mass is 9.87. The molecule has 0 saturated carbocycles. The first-order chi connectivity index (χ1) is 7.99. The van der Waals surface area contributed by atoms with Gasteiger partial charge in [-0.1, -0.05) is 20.8 Å². The molecule has 3 N–H and O–H groups in total. The van der Waals surface area contributed by atoms with E-state index in [1.165, 1.54) is 0 Å². The van der Waals surface area contributed by atoms with Crippen molar-refractivity contribution in [1.82, 2.24) is 10.6 Å². The quantitative estimate of drug-likeness (QED) is 0.693. The zero-order valence-electron chi connectivity index (χ0n) is 12.0. The highest BCUT2D eigenvalue weighted by atomic mass is 16.5. The molecule has 0 heterocycles. The second-order valence-corrected chi connectivity index (χ2v) is 5.93. The van der Waals surface area contributed by atoms with E-state index in [1.54, 1.807) is 27.9 Å². The van der Waals surface area contributed by atoms with Crippen LogP contribution in [-0.4, -0.2) is 42.4 Å². The highest BCUT2D eigenvalue weighted by molar-refractivity contribution is 5.83. The van der Waals surface area contributed by atoms with Crippen LogP contribution in [0.5, 0.6) is 0 Å². The molecule has 0 aliphatic heterocycles. The average molecular weight is 260 g/mol. The number of ether oxygens (including phenoxy) is 1. The summed E-state index contributed by atoms with van der Waals surface area (Å²) in [5.74, 6) is -1.05. The molecule has 0 bridgehead atoms. The smallest absolute Gasteiger partial charge is 0.326 e. The number of amides is 2. The molecule has 0 aliphatic rings. The van der Waals surface area contributed by atoms with Crippen LogP contribution in [0.3, 0.4) is 0 Å².